The molecule has 3 aliphatic rings. The molecule has 0 aromatic carbocycles. The summed E-state index contributed by atoms with van der Waals surface area (Å²) in [6.45, 7) is 7.80. The molecule has 0 bridgehead atoms. The van der Waals surface area contributed by atoms with Gasteiger partial charge in [0, 0.05) is 44.1 Å². The van der Waals surface area contributed by atoms with Crippen LogP contribution in [0.4, 0.5) is 4.79 Å². The van der Waals surface area contributed by atoms with Gasteiger partial charge in [-0.1, -0.05) is 6.42 Å². The zero-order valence-corrected chi connectivity index (χ0v) is 19.3. The van der Waals surface area contributed by atoms with E-state index in [1.807, 2.05) is 27.8 Å². The summed E-state index contributed by atoms with van der Waals surface area (Å²) in [4.78, 5) is 16.0. The Morgan fingerprint density at radius 3 is 2.56 bits per heavy atom. The van der Waals surface area contributed by atoms with Gasteiger partial charge in [-0.2, -0.15) is 0 Å². The molecule has 1 spiro atoms. The fraction of sp³-hybridized carbons (Fsp3) is 0.895. The lowest BCUT2D eigenvalue weighted by molar-refractivity contribution is -0.171. The number of nitrogens with one attached hydrogen (secondary N) is 3. The van der Waals surface area contributed by atoms with Crippen molar-refractivity contribution in [3.8, 4) is 0 Å². The number of hydrogen-bond acceptors (Lipinski definition) is 4. The van der Waals surface area contributed by atoms with Crippen molar-refractivity contribution in [1.82, 2.24) is 16.0 Å². The summed E-state index contributed by atoms with van der Waals surface area (Å²) >= 11 is 0. The van der Waals surface area contributed by atoms with E-state index in [0.29, 0.717) is 30.0 Å². The number of fused-ring (bicyclic) bond motifs is 2. The fourth-order valence-corrected chi connectivity index (χ4v) is 4.60. The summed E-state index contributed by atoms with van der Waals surface area (Å²) in [6, 6.07) is 0.481. The standard InChI is InChI=1S/C19H34N4O3.HI/c1-18(2,3)26-17(24)22-11-6-10-21-16(20-4)23-14-13-7-12-25-15(13)19(14)8-5-9-19;/h13-15H,5-12H2,1-4H3,(H,22,24)(H2,20,21,23);1H. The number of guanidine groups is 1. The molecular weight excluding hydrogens is 459 g/mol. The zero-order valence-electron chi connectivity index (χ0n) is 17.0. The number of amides is 1. The lowest BCUT2D eigenvalue weighted by Crippen LogP contribution is -2.72. The monoisotopic (exact) mass is 494 g/mol. The Morgan fingerprint density at radius 1 is 1.26 bits per heavy atom. The Balaban J connectivity index is 0.00000261. The van der Waals surface area contributed by atoms with E-state index in [-0.39, 0.29) is 30.1 Å². The summed E-state index contributed by atoms with van der Waals surface area (Å²) < 4.78 is 11.2. The predicted molar refractivity (Wildman–Crippen MR) is 117 cm³/mol. The van der Waals surface area contributed by atoms with Gasteiger partial charge in [-0.3, -0.25) is 4.99 Å². The fourth-order valence-electron chi connectivity index (χ4n) is 4.60. The molecule has 0 aromatic heterocycles. The Morgan fingerprint density at radius 2 is 1.96 bits per heavy atom. The van der Waals surface area contributed by atoms with Crippen molar-refractivity contribution < 1.29 is 14.3 Å². The molecule has 3 atom stereocenters. The number of aliphatic imine (C=N–C) groups is 1. The average molecular weight is 494 g/mol. The first-order chi connectivity index (χ1) is 12.4. The second-order valence-corrected chi connectivity index (χ2v) is 8.73. The summed E-state index contributed by atoms with van der Waals surface area (Å²) in [6.07, 6.45) is 5.91. The van der Waals surface area contributed by atoms with Crippen molar-refractivity contribution in [1.29, 1.82) is 0 Å². The maximum absolute atomic E-state index is 11.6. The van der Waals surface area contributed by atoms with Gasteiger partial charge in [0.1, 0.15) is 5.60 Å². The van der Waals surface area contributed by atoms with Crippen LogP contribution in [-0.4, -0.2) is 56.5 Å². The SMILES string of the molecule is CN=C(NCCCNC(=O)OC(C)(C)C)NC1C2CCOC2C12CCC2.I. The number of rotatable bonds is 5. The van der Waals surface area contributed by atoms with Gasteiger partial charge in [-0.05, 0) is 46.5 Å². The van der Waals surface area contributed by atoms with Crippen molar-refractivity contribution in [2.45, 2.75) is 70.6 Å². The summed E-state index contributed by atoms with van der Waals surface area (Å²) in [5, 5.41) is 9.78. The molecule has 1 amide bonds. The van der Waals surface area contributed by atoms with Crippen LogP contribution in [0.25, 0.3) is 0 Å². The molecule has 27 heavy (non-hydrogen) atoms. The molecule has 3 fully saturated rings. The van der Waals surface area contributed by atoms with Crippen LogP contribution in [0.2, 0.25) is 0 Å². The second kappa shape index (κ2) is 9.15. The highest BCUT2D eigenvalue weighted by atomic mass is 127. The molecule has 3 rings (SSSR count). The molecule has 1 aliphatic heterocycles. The quantitative estimate of drug-likeness (QED) is 0.237. The number of halogens is 1. The van der Waals surface area contributed by atoms with Crippen LogP contribution in [0, 0.1) is 11.3 Å². The van der Waals surface area contributed by atoms with E-state index in [1.54, 1.807) is 0 Å². The molecule has 8 heteroatoms. The maximum atomic E-state index is 11.6. The molecule has 3 unspecified atom stereocenters. The molecule has 3 N–H and O–H groups in total. The highest BCUT2D eigenvalue weighted by Gasteiger charge is 2.66. The van der Waals surface area contributed by atoms with Crippen molar-refractivity contribution in [2.24, 2.45) is 16.3 Å². The normalized spacial score (nSPS) is 28.3. The minimum Gasteiger partial charge on any atom is -0.444 e. The number of alkyl carbamates (subject to hydrolysis) is 1. The van der Waals surface area contributed by atoms with Crippen molar-refractivity contribution >= 4 is 36.0 Å². The topological polar surface area (TPSA) is 84.0 Å². The minimum atomic E-state index is -0.462. The predicted octanol–water partition coefficient (Wildman–Crippen LogP) is 2.64. The third-order valence-corrected chi connectivity index (χ3v) is 5.87. The first-order valence-corrected chi connectivity index (χ1v) is 9.91. The summed E-state index contributed by atoms with van der Waals surface area (Å²) in [7, 11) is 1.81. The number of nitrogens with zero attached hydrogens (tertiary/aromatic N) is 1. The molecule has 1 saturated heterocycles. The number of carbonyl (C=O) groups is 1. The molecule has 2 saturated carbocycles. The molecule has 7 nitrogen and oxygen atoms in total. The van der Waals surface area contributed by atoms with E-state index in [9.17, 15) is 4.79 Å². The third kappa shape index (κ3) is 4.99. The third-order valence-electron chi connectivity index (χ3n) is 5.87. The maximum Gasteiger partial charge on any atom is 0.407 e. The Labute approximate surface area is 179 Å². The molecule has 0 radical (unpaired) electrons. The van der Waals surface area contributed by atoms with Crippen LogP contribution >= 0.6 is 24.0 Å². The summed E-state index contributed by atoms with van der Waals surface area (Å²) in [5.74, 6) is 1.48. The van der Waals surface area contributed by atoms with Crippen molar-refractivity contribution in [2.75, 3.05) is 26.7 Å². The Hall–Kier alpha value is -0.770. The number of hydrogen-bond donors (Lipinski definition) is 3. The van der Waals surface area contributed by atoms with E-state index in [2.05, 4.69) is 20.9 Å². The molecule has 0 aromatic rings. The number of ether oxygens (including phenoxy) is 2. The van der Waals surface area contributed by atoms with Crippen LogP contribution in [0.15, 0.2) is 4.99 Å². The van der Waals surface area contributed by atoms with E-state index in [1.165, 1.54) is 19.3 Å². The molecule has 156 valence electrons. The van der Waals surface area contributed by atoms with E-state index in [4.69, 9.17) is 9.47 Å². The van der Waals surface area contributed by atoms with E-state index < -0.39 is 5.60 Å². The smallest absolute Gasteiger partial charge is 0.407 e. The van der Waals surface area contributed by atoms with Crippen LogP contribution in [0.5, 0.6) is 0 Å². The Bertz CT molecular complexity index is 546. The highest BCUT2D eigenvalue weighted by molar-refractivity contribution is 14.0. The van der Waals surface area contributed by atoms with Gasteiger partial charge < -0.3 is 25.4 Å². The van der Waals surface area contributed by atoms with Crippen LogP contribution in [0.1, 0.15) is 52.9 Å². The van der Waals surface area contributed by atoms with Crippen molar-refractivity contribution in [3.63, 3.8) is 0 Å². The number of carbonyl (C=O) groups excluding carboxylic acids is 1. The highest BCUT2D eigenvalue weighted by Crippen LogP contribution is 2.62. The average Bonchev–Trinajstić information content (AvgIpc) is 2.91. The molecular formula is C19H35IN4O3. The Kier molecular flexibility index (Phi) is 7.63. The largest absolute Gasteiger partial charge is 0.444 e. The van der Waals surface area contributed by atoms with Crippen LogP contribution in [-0.2, 0) is 9.47 Å². The van der Waals surface area contributed by atoms with Gasteiger partial charge >= 0.3 is 6.09 Å². The van der Waals surface area contributed by atoms with Gasteiger partial charge in [0.05, 0.1) is 6.10 Å². The first-order valence-electron chi connectivity index (χ1n) is 9.91. The van der Waals surface area contributed by atoms with E-state index >= 15 is 0 Å². The lowest BCUT2D eigenvalue weighted by atomic mass is 9.46. The van der Waals surface area contributed by atoms with Gasteiger partial charge in [0.15, 0.2) is 5.96 Å². The van der Waals surface area contributed by atoms with Gasteiger partial charge in [-0.15, -0.1) is 24.0 Å². The second-order valence-electron chi connectivity index (χ2n) is 8.73. The van der Waals surface area contributed by atoms with Crippen LogP contribution in [0.3, 0.4) is 0 Å². The van der Waals surface area contributed by atoms with Gasteiger partial charge in [-0.25, -0.2) is 4.79 Å². The van der Waals surface area contributed by atoms with Gasteiger partial charge in [0.25, 0.3) is 0 Å². The van der Waals surface area contributed by atoms with E-state index in [0.717, 1.165) is 32.0 Å². The summed E-state index contributed by atoms with van der Waals surface area (Å²) in [5.41, 5.74) is -0.118. The van der Waals surface area contributed by atoms with Crippen molar-refractivity contribution in [3.05, 3.63) is 0 Å². The molecule has 2 aliphatic carbocycles. The minimum absolute atomic E-state index is 0. The van der Waals surface area contributed by atoms with Crippen LogP contribution < -0.4 is 16.0 Å². The van der Waals surface area contributed by atoms with Gasteiger partial charge in [0.2, 0.25) is 0 Å². The molecule has 1 heterocycles. The first kappa shape index (κ1) is 22.5. The lowest BCUT2D eigenvalue weighted by Gasteiger charge is -2.63. The zero-order chi connectivity index (χ0) is 18.8.